The Bertz CT molecular complexity index is 445. The van der Waals surface area contributed by atoms with E-state index >= 15 is 0 Å². The summed E-state index contributed by atoms with van der Waals surface area (Å²) in [4.78, 5) is 11.6. The van der Waals surface area contributed by atoms with Crippen molar-refractivity contribution >= 4 is 11.5 Å². The van der Waals surface area contributed by atoms with Gasteiger partial charge in [-0.25, -0.2) is 4.79 Å². The summed E-state index contributed by atoms with van der Waals surface area (Å²) in [6.07, 6.45) is 0. The van der Waals surface area contributed by atoms with Crippen molar-refractivity contribution < 1.29 is 19.0 Å². The number of methoxy groups -OCH3 is 1. The van der Waals surface area contributed by atoms with E-state index in [1.54, 1.807) is 0 Å². The molecule has 1 aliphatic rings. The van der Waals surface area contributed by atoms with Crippen LogP contribution in [0, 0.1) is 0 Å². The molecule has 2 rings (SSSR count). The van der Waals surface area contributed by atoms with Crippen LogP contribution < -0.4 is 4.74 Å². The molecule has 4 heteroatoms. The van der Waals surface area contributed by atoms with Crippen LogP contribution in [0.2, 0.25) is 0 Å². The number of esters is 1. The SMILES string of the molecule is CCOc1ccc(C2=C(OC)COC2=O)cc1. The van der Waals surface area contributed by atoms with Crippen LogP contribution in [0.3, 0.4) is 0 Å². The van der Waals surface area contributed by atoms with Gasteiger partial charge in [0.25, 0.3) is 0 Å². The average molecular weight is 234 g/mol. The van der Waals surface area contributed by atoms with Gasteiger partial charge in [-0.05, 0) is 24.6 Å². The Morgan fingerprint density at radius 3 is 2.59 bits per heavy atom. The third-order valence-electron chi connectivity index (χ3n) is 2.52. The minimum Gasteiger partial charge on any atom is -0.497 e. The second-order valence-corrected chi connectivity index (χ2v) is 3.54. The van der Waals surface area contributed by atoms with Crippen LogP contribution >= 0.6 is 0 Å². The Hall–Kier alpha value is -1.97. The molecular formula is C13H14O4. The Labute approximate surface area is 99.8 Å². The molecule has 0 unspecified atom stereocenters. The maximum atomic E-state index is 11.6. The summed E-state index contributed by atoms with van der Waals surface area (Å²) < 4.78 is 15.4. The third-order valence-corrected chi connectivity index (χ3v) is 2.52. The van der Waals surface area contributed by atoms with Gasteiger partial charge in [-0.1, -0.05) is 12.1 Å². The molecule has 1 aromatic rings. The molecule has 90 valence electrons. The van der Waals surface area contributed by atoms with Gasteiger partial charge in [0.2, 0.25) is 0 Å². The summed E-state index contributed by atoms with van der Waals surface area (Å²) in [6, 6.07) is 7.30. The second-order valence-electron chi connectivity index (χ2n) is 3.54. The third kappa shape index (κ3) is 2.25. The molecule has 0 radical (unpaired) electrons. The van der Waals surface area contributed by atoms with E-state index in [1.165, 1.54) is 7.11 Å². The minimum atomic E-state index is -0.342. The van der Waals surface area contributed by atoms with E-state index in [2.05, 4.69) is 0 Å². The monoisotopic (exact) mass is 234 g/mol. The van der Waals surface area contributed by atoms with Gasteiger partial charge in [0.15, 0.2) is 0 Å². The van der Waals surface area contributed by atoms with Crippen molar-refractivity contribution in [1.29, 1.82) is 0 Å². The lowest BCUT2D eigenvalue weighted by atomic mass is 10.1. The molecule has 0 N–H and O–H groups in total. The second kappa shape index (κ2) is 4.91. The lowest BCUT2D eigenvalue weighted by molar-refractivity contribution is -0.134. The van der Waals surface area contributed by atoms with Gasteiger partial charge >= 0.3 is 5.97 Å². The zero-order valence-corrected chi connectivity index (χ0v) is 9.86. The smallest absolute Gasteiger partial charge is 0.342 e. The van der Waals surface area contributed by atoms with Crippen molar-refractivity contribution in [3.8, 4) is 5.75 Å². The van der Waals surface area contributed by atoms with Crippen LogP contribution in [0.1, 0.15) is 12.5 Å². The molecule has 0 atom stereocenters. The van der Waals surface area contributed by atoms with Crippen molar-refractivity contribution in [2.45, 2.75) is 6.92 Å². The van der Waals surface area contributed by atoms with Crippen LogP contribution in [0.5, 0.6) is 5.75 Å². The number of carbonyl (C=O) groups excluding carboxylic acids is 1. The molecule has 4 nitrogen and oxygen atoms in total. The molecule has 0 amide bonds. The fourth-order valence-electron chi connectivity index (χ4n) is 1.71. The zero-order chi connectivity index (χ0) is 12.3. The van der Waals surface area contributed by atoms with E-state index < -0.39 is 0 Å². The predicted octanol–water partition coefficient (Wildman–Crippen LogP) is 2.00. The first kappa shape index (κ1) is 11.5. The van der Waals surface area contributed by atoms with Crippen LogP contribution in [-0.2, 0) is 14.3 Å². The number of benzene rings is 1. The van der Waals surface area contributed by atoms with Crippen LogP contribution in [0.15, 0.2) is 30.0 Å². The summed E-state index contributed by atoms with van der Waals surface area (Å²) in [7, 11) is 1.53. The number of ether oxygens (including phenoxy) is 3. The van der Waals surface area contributed by atoms with Crippen molar-refractivity contribution in [3.05, 3.63) is 35.6 Å². The molecule has 1 heterocycles. The lowest BCUT2D eigenvalue weighted by Crippen LogP contribution is -1.99. The number of carbonyl (C=O) groups is 1. The normalized spacial score (nSPS) is 14.8. The largest absolute Gasteiger partial charge is 0.497 e. The molecule has 0 aromatic heterocycles. The van der Waals surface area contributed by atoms with Crippen LogP contribution in [0.25, 0.3) is 5.57 Å². The molecule has 1 aliphatic heterocycles. The van der Waals surface area contributed by atoms with Gasteiger partial charge in [0.1, 0.15) is 23.7 Å². The van der Waals surface area contributed by atoms with Gasteiger partial charge in [0.05, 0.1) is 13.7 Å². The molecule has 1 aromatic carbocycles. The van der Waals surface area contributed by atoms with Gasteiger partial charge in [-0.2, -0.15) is 0 Å². The molecule has 0 bridgehead atoms. The number of rotatable bonds is 4. The van der Waals surface area contributed by atoms with Crippen molar-refractivity contribution in [2.75, 3.05) is 20.3 Å². The highest BCUT2D eigenvalue weighted by atomic mass is 16.6. The Morgan fingerprint density at radius 1 is 1.29 bits per heavy atom. The highest BCUT2D eigenvalue weighted by molar-refractivity contribution is 6.18. The standard InChI is InChI=1S/C13H14O4/c1-3-16-10-6-4-9(5-7-10)12-11(15-2)8-17-13(12)14/h4-7H,3,8H2,1-2H3. The summed E-state index contributed by atoms with van der Waals surface area (Å²) in [5, 5.41) is 0. The minimum absolute atomic E-state index is 0.206. The maximum absolute atomic E-state index is 11.6. The van der Waals surface area contributed by atoms with Crippen LogP contribution in [0.4, 0.5) is 0 Å². The highest BCUT2D eigenvalue weighted by Crippen LogP contribution is 2.27. The maximum Gasteiger partial charge on any atom is 0.342 e. The summed E-state index contributed by atoms with van der Waals surface area (Å²) in [5.41, 5.74) is 1.28. The first-order valence-electron chi connectivity index (χ1n) is 5.43. The van der Waals surface area contributed by atoms with E-state index in [1.807, 2.05) is 31.2 Å². The number of hydrogen-bond acceptors (Lipinski definition) is 4. The number of cyclic esters (lactones) is 1. The molecule has 0 saturated heterocycles. The van der Waals surface area contributed by atoms with Gasteiger partial charge < -0.3 is 14.2 Å². The fourth-order valence-corrected chi connectivity index (χ4v) is 1.71. The molecule has 0 saturated carbocycles. The zero-order valence-electron chi connectivity index (χ0n) is 9.86. The van der Waals surface area contributed by atoms with Gasteiger partial charge in [0, 0.05) is 0 Å². The van der Waals surface area contributed by atoms with Crippen LogP contribution in [-0.4, -0.2) is 26.3 Å². The summed E-state index contributed by atoms with van der Waals surface area (Å²) in [5.74, 6) is 1.01. The molecular weight excluding hydrogens is 220 g/mol. The molecule has 0 spiro atoms. The van der Waals surface area contributed by atoms with Crippen molar-refractivity contribution in [3.63, 3.8) is 0 Å². The van der Waals surface area contributed by atoms with E-state index in [4.69, 9.17) is 14.2 Å². The summed E-state index contributed by atoms with van der Waals surface area (Å²) in [6.45, 7) is 2.75. The van der Waals surface area contributed by atoms with Crippen molar-refractivity contribution in [1.82, 2.24) is 0 Å². The lowest BCUT2D eigenvalue weighted by Gasteiger charge is -2.05. The van der Waals surface area contributed by atoms with Gasteiger partial charge in [-0.3, -0.25) is 0 Å². The summed E-state index contributed by atoms with van der Waals surface area (Å²) >= 11 is 0. The molecule has 0 aliphatic carbocycles. The van der Waals surface area contributed by atoms with E-state index in [-0.39, 0.29) is 12.6 Å². The Balaban J connectivity index is 2.30. The molecule has 17 heavy (non-hydrogen) atoms. The Morgan fingerprint density at radius 2 is 2.00 bits per heavy atom. The van der Waals surface area contributed by atoms with E-state index in [9.17, 15) is 4.79 Å². The van der Waals surface area contributed by atoms with Gasteiger partial charge in [-0.15, -0.1) is 0 Å². The van der Waals surface area contributed by atoms with E-state index in [0.29, 0.717) is 17.9 Å². The Kier molecular flexibility index (Phi) is 3.32. The topological polar surface area (TPSA) is 44.8 Å². The first-order valence-corrected chi connectivity index (χ1v) is 5.43. The predicted molar refractivity (Wildman–Crippen MR) is 62.5 cm³/mol. The van der Waals surface area contributed by atoms with Crippen molar-refractivity contribution in [2.24, 2.45) is 0 Å². The average Bonchev–Trinajstić information content (AvgIpc) is 2.72. The highest BCUT2D eigenvalue weighted by Gasteiger charge is 2.27. The fraction of sp³-hybridized carbons (Fsp3) is 0.308. The first-order chi connectivity index (χ1) is 8.26. The molecule has 0 fully saturated rings. The quantitative estimate of drug-likeness (QED) is 0.747. The number of hydrogen-bond donors (Lipinski definition) is 0. The van der Waals surface area contributed by atoms with E-state index in [0.717, 1.165) is 11.3 Å².